The van der Waals surface area contributed by atoms with Gasteiger partial charge in [-0.1, -0.05) is 30.3 Å². The Hall–Kier alpha value is -2.03. The summed E-state index contributed by atoms with van der Waals surface area (Å²) in [6, 6.07) is 11.9. The molecule has 3 rings (SSSR count). The minimum absolute atomic E-state index is 0.00509. The first-order valence-electron chi connectivity index (χ1n) is 4.90. The molecule has 0 saturated carbocycles. The summed E-state index contributed by atoms with van der Waals surface area (Å²) in [5.41, 5.74) is 1.66. The van der Waals surface area contributed by atoms with E-state index in [1.807, 2.05) is 36.4 Å². The first-order chi connectivity index (χ1) is 7.36. The summed E-state index contributed by atoms with van der Waals surface area (Å²) in [7, 11) is 0. The Balaban J connectivity index is 2.38. The van der Waals surface area contributed by atoms with Crippen molar-refractivity contribution < 1.29 is 4.79 Å². The third-order valence-corrected chi connectivity index (χ3v) is 2.69. The number of carbonyl (C=O) groups is 1. The zero-order valence-electron chi connectivity index (χ0n) is 8.08. The van der Waals surface area contributed by atoms with Crippen LogP contribution < -0.4 is 10.6 Å². The molecule has 2 N–H and O–H groups in total. The van der Waals surface area contributed by atoms with Crippen LogP contribution in [0.15, 0.2) is 36.4 Å². The van der Waals surface area contributed by atoms with Gasteiger partial charge in [0.05, 0.1) is 17.9 Å². The molecule has 0 atom stereocenters. The molecular formula is C12H10N2O. The molecule has 3 heteroatoms. The minimum Gasteiger partial charge on any atom is -0.367 e. The van der Waals surface area contributed by atoms with Gasteiger partial charge in [0.15, 0.2) is 0 Å². The quantitative estimate of drug-likeness (QED) is 0.679. The van der Waals surface area contributed by atoms with Crippen LogP contribution in [0.25, 0.3) is 10.8 Å². The van der Waals surface area contributed by atoms with Gasteiger partial charge in [0, 0.05) is 5.39 Å². The summed E-state index contributed by atoms with van der Waals surface area (Å²) < 4.78 is 0. The van der Waals surface area contributed by atoms with Gasteiger partial charge in [0.2, 0.25) is 0 Å². The number of rotatable bonds is 0. The van der Waals surface area contributed by atoms with Crippen LogP contribution in [0.2, 0.25) is 0 Å². The Morgan fingerprint density at radius 3 is 2.80 bits per heavy atom. The van der Waals surface area contributed by atoms with Crippen LogP contribution in [0, 0.1) is 0 Å². The lowest BCUT2D eigenvalue weighted by atomic mass is 10.0. The average Bonchev–Trinajstić information content (AvgIpc) is 2.29. The number of hydrogen-bond acceptors (Lipinski definition) is 2. The third kappa shape index (κ3) is 1.16. The van der Waals surface area contributed by atoms with E-state index >= 15 is 0 Å². The van der Waals surface area contributed by atoms with Gasteiger partial charge < -0.3 is 10.6 Å². The zero-order chi connectivity index (χ0) is 10.3. The van der Waals surface area contributed by atoms with E-state index in [4.69, 9.17) is 0 Å². The number of benzene rings is 2. The predicted octanol–water partition coefficient (Wildman–Crippen LogP) is 1.95. The molecule has 0 spiro atoms. The molecule has 3 nitrogen and oxygen atoms in total. The van der Waals surface area contributed by atoms with Crippen molar-refractivity contribution in [3.05, 3.63) is 42.0 Å². The van der Waals surface area contributed by atoms with Crippen molar-refractivity contribution in [1.82, 2.24) is 5.32 Å². The highest BCUT2D eigenvalue weighted by Crippen LogP contribution is 2.28. The van der Waals surface area contributed by atoms with Crippen LogP contribution in [0.4, 0.5) is 5.69 Å². The van der Waals surface area contributed by atoms with Crippen molar-refractivity contribution in [1.29, 1.82) is 0 Å². The van der Waals surface area contributed by atoms with Crippen LogP contribution in [-0.2, 0) is 0 Å². The molecule has 2 aromatic rings. The second kappa shape index (κ2) is 2.98. The predicted molar refractivity (Wildman–Crippen MR) is 59.9 cm³/mol. The number of anilines is 1. The second-order valence-electron chi connectivity index (χ2n) is 3.57. The SMILES string of the molecule is O=C1NCNc2c1ccc1ccccc21. The molecule has 1 amide bonds. The van der Waals surface area contributed by atoms with Crippen molar-refractivity contribution in [2.24, 2.45) is 0 Å². The van der Waals surface area contributed by atoms with Gasteiger partial charge in [-0.2, -0.15) is 0 Å². The van der Waals surface area contributed by atoms with Gasteiger partial charge >= 0.3 is 0 Å². The van der Waals surface area contributed by atoms with Gasteiger partial charge in [0.25, 0.3) is 5.91 Å². The van der Waals surface area contributed by atoms with Crippen molar-refractivity contribution >= 4 is 22.4 Å². The van der Waals surface area contributed by atoms with Crippen molar-refractivity contribution in [3.63, 3.8) is 0 Å². The fourth-order valence-corrected chi connectivity index (χ4v) is 1.96. The Morgan fingerprint density at radius 2 is 1.87 bits per heavy atom. The third-order valence-electron chi connectivity index (χ3n) is 2.69. The van der Waals surface area contributed by atoms with Gasteiger partial charge in [-0.3, -0.25) is 4.79 Å². The molecule has 0 radical (unpaired) electrons. The Labute approximate surface area is 87.1 Å². The van der Waals surface area contributed by atoms with Crippen LogP contribution in [0.5, 0.6) is 0 Å². The molecular weight excluding hydrogens is 188 g/mol. The van der Waals surface area contributed by atoms with Gasteiger partial charge in [-0.05, 0) is 11.5 Å². The molecule has 74 valence electrons. The summed E-state index contributed by atoms with van der Waals surface area (Å²) in [6.07, 6.45) is 0. The summed E-state index contributed by atoms with van der Waals surface area (Å²) >= 11 is 0. The lowest BCUT2D eigenvalue weighted by molar-refractivity contribution is 0.0953. The topological polar surface area (TPSA) is 41.1 Å². The van der Waals surface area contributed by atoms with E-state index < -0.39 is 0 Å². The van der Waals surface area contributed by atoms with E-state index in [0.29, 0.717) is 6.67 Å². The number of hydrogen-bond donors (Lipinski definition) is 2. The Bertz CT molecular complexity index is 548. The normalized spacial score (nSPS) is 14.3. The van der Waals surface area contributed by atoms with Crippen molar-refractivity contribution in [2.75, 3.05) is 12.0 Å². The fraction of sp³-hybridized carbons (Fsp3) is 0.0833. The summed E-state index contributed by atoms with van der Waals surface area (Å²) in [4.78, 5) is 11.6. The van der Waals surface area contributed by atoms with E-state index in [0.717, 1.165) is 22.0 Å². The van der Waals surface area contributed by atoms with E-state index in [-0.39, 0.29) is 5.91 Å². The monoisotopic (exact) mass is 198 g/mol. The second-order valence-corrected chi connectivity index (χ2v) is 3.57. The van der Waals surface area contributed by atoms with Crippen LogP contribution >= 0.6 is 0 Å². The van der Waals surface area contributed by atoms with Crippen molar-refractivity contribution in [3.8, 4) is 0 Å². The number of carbonyl (C=O) groups excluding carboxylic acids is 1. The number of amides is 1. The van der Waals surface area contributed by atoms with Crippen LogP contribution in [-0.4, -0.2) is 12.6 Å². The molecule has 1 aliphatic rings. The summed E-state index contributed by atoms with van der Waals surface area (Å²) in [5, 5.41) is 8.21. The largest absolute Gasteiger partial charge is 0.367 e. The molecule has 0 fully saturated rings. The van der Waals surface area contributed by atoms with E-state index in [9.17, 15) is 4.79 Å². The minimum atomic E-state index is -0.00509. The molecule has 1 heterocycles. The van der Waals surface area contributed by atoms with E-state index in [2.05, 4.69) is 10.6 Å². The highest BCUT2D eigenvalue weighted by Gasteiger charge is 2.17. The standard InChI is InChI=1S/C12H10N2O/c15-12-10-6-5-8-3-1-2-4-9(8)11(10)13-7-14-12/h1-6,13H,7H2,(H,14,15). The fourth-order valence-electron chi connectivity index (χ4n) is 1.96. The molecule has 0 unspecified atom stereocenters. The molecule has 0 aliphatic carbocycles. The molecule has 1 aliphatic heterocycles. The lowest BCUT2D eigenvalue weighted by Crippen LogP contribution is -2.34. The van der Waals surface area contributed by atoms with E-state index in [1.54, 1.807) is 0 Å². The zero-order valence-corrected chi connectivity index (χ0v) is 8.08. The maximum Gasteiger partial charge on any atom is 0.254 e. The van der Waals surface area contributed by atoms with Crippen LogP contribution in [0.3, 0.4) is 0 Å². The maximum absolute atomic E-state index is 11.6. The number of fused-ring (bicyclic) bond motifs is 3. The van der Waals surface area contributed by atoms with Gasteiger partial charge in [0.1, 0.15) is 0 Å². The summed E-state index contributed by atoms with van der Waals surface area (Å²) in [5.74, 6) is -0.00509. The molecule has 0 saturated heterocycles. The average molecular weight is 198 g/mol. The molecule has 0 aromatic heterocycles. The smallest absolute Gasteiger partial charge is 0.254 e. The first kappa shape index (κ1) is 8.29. The molecule has 15 heavy (non-hydrogen) atoms. The number of nitrogens with one attached hydrogen (secondary N) is 2. The Kier molecular flexibility index (Phi) is 1.65. The van der Waals surface area contributed by atoms with Crippen LogP contribution in [0.1, 0.15) is 10.4 Å². The maximum atomic E-state index is 11.6. The van der Waals surface area contributed by atoms with Crippen molar-refractivity contribution in [2.45, 2.75) is 0 Å². The van der Waals surface area contributed by atoms with Gasteiger partial charge in [-0.25, -0.2) is 0 Å². The summed E-state index contributed by atoms with van der Waals surface area (Å²) in [6.45, 7) is 0.500. The lowest BCUT2D eigenvalue weighted by Gasteiger charge is -2.20. The first-order valence-corrected chi connectivity index (χ1v) is 4.90. The van der Waals surface area contributed by atoms with Gasteiger partial charge in [-0.15, -0.1) is 0 Å². The highest BCUT2D eigenvalue weighted by atomic mass is 16.1. The molecule has 0 bridgehead atoms. The Morgan fingerprint density at radius 1 is 1.00 bits per heavy atom. The highest BCUT2D eigenvalue weighted by molar-refractivity contribution is 6.09. The molecule has 2 aromatic carbocycles. The van der Waals surface area contributed by atoms with E-state index in [1.165, 1.54) is 0 Å².